The Morgan fingerprint density at radius 2 is 1.82 bits per heavy atom. The Kier molecular flexibility index (Phi) is 5.46. The van der Waals surface area contributed by atoms with Crippen molar-refractivity contribution in [1.29, 1.82) is 0 Å². The van der Waals surface area contributed by atoms with Crippen LogP contribution in [0.1, 0.15) is 5.56 Å². The lowest BCUT2D eigenvalue weighted by molar-refractivity contribution is 0.430. The van der Waals surface area contributed by atoms with Gasteiger partial charge in [-0.25, -0.2) is 0 Å². The zero-order valence-corrected chi connectivity index (χ0v) is 16.3. The van der Waals surface area contributed by atoms with E-state index < -0.39 is 0 Å². The highest BCUT2D eigenvalue weighted by atomic mass is 32.1. The molecule has 0 aliphatic heterocycles. The molecule has 140 valence electrons. The van der Waals surface area contributed by atoms with E-state index in [1.807, 2.05) is 24.4 Å². The Morgan fingerprint density at radius 3 is 2.71 bits per heavy atom. The average Bonchev–Trinajstić information content (AvgIpc) is 2.73. The maximum Gasteiger partial charge on any atom is 0.173 e. The largest absolute Gasteiger partial charge is 0.343 e. The minimum absolute atomic E-state index is 0.538. The summed E-state index contributed by atoms with van der Waals surface area (Å²) in [6.45, 7) is 1.93. The summed E-state index contributed by atoms with van der Waals surface area (Å²) in [5.41, 5.74) is 8.06. The second-order valence-electron chi connectivity index (χ2n) is 6.72. The summed E-state index contributed by atoms with van der Waals surface area (Å²) >= 11 is 5.71. The predicted octanol–water partition coefficient (Wildman–Crippen LogP) is 4.55. The van der Waals surface area contributed by atoms with Crippen LogP contribution in [0, 0.1) is 0 Å². The molecule has 4 nitrogen and oxygen atoms in total. The third kappa shape index (κ3) is 3.96. The van der Waals surface area contributed by atoms with Crippen molar-refractivity contribution in [2.75, 3.05) is 18.4 Å². The van der Waals surface area contributed by atoms with Gasteiger partial charge in [0.2, 0.25) is 0 Å². The molecule has 3 aromatic carbocycles. The number of nitrogens with two attached hydrogens (primary N) is 1. The number of hydrogen-bond donors (Lipinski definition) is 2. The van der Waals surface area contributed by atoms with Gasteiger partial charge in [0.15, 0.2) is 5.11 Å². The van der Waals surface area contributed by atoms with Gasteiger partial charge in [-0.1, -0.05) is 48.5 Å². The third-order valence-corrected chi connectivity index (χ3v) is 5.18. The van der Waals surface area contributed by atoms with Crippen LogP contribution in [0.15, 0.2) is 79.1 Å². The van der Waals surface area contributed by atoms with E-state index in [9.17, 15) is 0 Å². The lowest BCUT2D eigenvalue weighted by atomic mass is 10.0. The number of hydrogen-bond acceptors (Lipinski definition) is 3. The molecule has 4 rings (SSSR count). The molecule has 5 heteroatoms. The van der Waals surface area contributed by atoms with Crippen molar-refractivity contribution >= 4 is 44.6 Å². The molecule has 0 fully saturated rings. The fraction of sp³-hybridized carbons (Fsp3) is 0.130. The summed E-state index contributed by atoms with van der Waals surface area (Å²) in [5.74, 6) is 0. The maximum atomic E-state index is 5.87. The zero-order chi connectivity index (χ0) is 19.3. The van der Waals surface area contributed by atoms with Gasteiger partial charge in [-0.15, -0.1) is 0 Å². The molecule has 0 radical (unpaired) electrons. The molecule has 0 aliphatic carbocycles. The minimum atomic E-state index is 0.538. The van der Waals surface area contributed by atoms with Gasteiger partial charge in [0, 0.05) is 43.1 Å². The van der Waals surface area contributed by atoms with Crippen LogP contribution in [0.3, 0.4) is 0 Å². The predicted molar refractivity (Wildman–Crippen MR) is 121 cm³/mol. The van der Waals surface area contributed by atoms with Gasteiger partial charge < -0.3 is 16.0 Å². The summed E-state index contributed by atoms with van der Waals surface area (Å²) in [7, 11) is 0. The molecule has 3 N–H and O–H groups in total. The molecule has 1 heterocycles. The number of fused-ring (bicyclic) bond motifs is 2. The summed E-state index contributed by atoms with van der Waals surface area (Å²) in [6.07, 6.45) is 3.66. The van der Waals surface area contributed by atoms with Gasteiger partial charge in [-0.2, -0.15) is 0 Å². The van der Waals surface area contributed by atoms with Crippen LogP contribution in [0.2, 0.25) is 0 Å². The first-order chi connectivity index (χ1) is 13.7. The molecule has 0 aliphatic rings. The highest BCUT2D eigenvalue weighted by Crippen LogP contribution is 2.21. The molecule has 1 aromatic heterocycles. The molecule has 28 heavy (non-hydrogen) atoms. The second-order valence-corrected chi connectivity index (χ2v) is 7.10. The molecular formula is C23H22N4S. The Balaban J connectivity index is 1.57. The van der Waals surface area contributed by atoms with Gasteiger partial charge in [0.05, 0.1) is 0 Å². The number of aromatic nitrogens is 1. The monoisotopic (exact) mass is 386 g/mol. The minimum Gasteiger partial charge on any atom is -0.343 e. The van der Waals surface area contributed by atoms with Gasteiger partial charge >= 0.3 is 0 Å². The number of rotatable bonds is 5. The average molecular weight is 387 g/mol. The standard InChI is InChI=1S/C23H22N4S/c24-11-13-27(16-20-6-3-5-17-4-1-2-7-22(17)20)23(28)26-21-9-8-19-15-25-12-10-18(19)14-21/h1-10,12,14-15H,11,13,16,24H2,(H,26,28). The van der Waals surface area contributed by atoms with Crippen LogP contribution in [-0.4, -0.2) is 28.1 Å². The number of pyridine rings is 1. The fourth-order valence-electron chi connectivity index (χ4n) is 3.41. The van der Waals surface area contributed by atoms with Crippen molar-refractivity contribution < 1.29 is 0 Å². The molecular weight excluding hydrogens is 364 g/mol. The van der Waals surface area contributed by atoms with Crippen LogP contribution < -0.4 is 11.1 Å². The molecule has 0 bridgehead atoms. The maximum absolute atomic E-state index is 5.87. The summed E-state index contributed by atoms with van der Waals surface area (Å²) < 4.78 is 0. The summed E-state index contributed by atoms with van der Waals surface area (Å²) in [6, 6.07) is 22.9. The topological polar surface area (TPSA) is 54.2 Å². The van der Waals surface area contributed by atoms with Crippen molar-refractivity contribution in [1.82, 2.24) is 9.88 Å². The molecule has 4 aromatic rings. The van der Waals surface area contributed by atoms with E-state index in [0.29, 0.717) is 24.7 Å². The van der Waals surface area contributed by atoms with Crippen LogP contribution in [0.4, 0.5) is 5.69 Å². The van der Waals surface area contributed by atoms with Crippen molar-refractivity contribution in [3.05, 3.63) is 84.7 Å². The second kappa shape index (κ2) is 8.33. The molecule has 0 unspecified atom stereocenters. The van der Waals surface area contributed by atoms with Crippen molar-refractivity contribution in [2.24, 2.45) is 5.73 Å². The smallest absolute Gasteiger partial charge is 0.173 e. The molecule has 0 amide bonds. The molecule has 0 saturated carbocycles. The summed E-state index contributed by atoms with van der Waals surface area (Å²) in [4.78, 5) is 6.28. The van der Waals surface area contributed by atoms with Crippen molar-refractivity contribution in [3.8, 4) is 0 Å². The summed E-state index contributed by atoms with van der Waals surface area (Å²) in [5, 5.41) is 8.75. The highest BCUT2D eigenvalue weighted by Gasteiger charge is 2.12. The van der Waals surface area contributed by atoms with Crippen LogP contribution in [-0.2, 0) is 6.54 Å². The fourth-order valence-corrected chi connectivity index (χ4v) is 3.68. The first kappa shape index (κ1) is 18.3. The number of thiocarbonyl (C=S) groups is 1. The first-order valence-electron chi connectivity index (χ1n) is 9.31. The number of benzene rings is 3. The van der Waals surface area contributed by atoms with E-state index in [1.165, 1.54) is 16.3 Å². The Hall–Kier alpha value is -3.02. The SMILES string of the molecule is NCCN(Cc1cccc2ccccc12)C(=S)Nc1ccc2cnccc2c1. The zero-order valence-electron chi connectivity index (χ0n) is 15.5. The molecule has 0 spiro atoms. The molecule has 0 atom stereocenters. The lowest BCUT2D eigenvalue weighted by Crippen LogP contribution is -2.37. The quantitative estimate of drug-likeness (QED) is 0.493. The van der Waals surface area contributed by atoms with Crippen LogP contribution in [0.25, 0.3) is 21.5 Å². The molecule has 0 saturated heterocycles. The third-order valence-electron chi connectivity index (χ3n) is 4.82. The van der Waals surface area contributed by atoms with E-state index in [1.54, 1.807) is 6.20 Å². The van der Waals surface area contributed by atoms with E-state index in [4.69, 9.17) is 18.0 Å². The van der Waals surface area contributed by atoms with E-state index in [0.717, 1.165) is 16.5 Å². The van der Waals surface area contributed by atoms with Gasteiger partial charge in [-0.05, 0) is 52.1 Å². The van der Waals surface area contributed by atoms with Gasteiger partial charge in [0.25, 0.3) is 0 Å². The number of anilines is 1. The van der Waals surface area contributed by atoms with Crippen LogP contribution >= 0.6 is 12.2 Å². The van der Waals surface area contributed by atoms with Gasteiger partial charge in [-0.3, -0.25) is 4.98 Å². The van der Waals surface area contributed by atoms with Crippen molar-refractivity contribution in [3.63, 3.8) is 0 Å². The normalized spacial score (nSPS) is 10.9. The number of nitrogens with one attached hydrogen (secondary N) is 1. The van der Waals surface area contributed by atoms with Gasteiger partial charge in [0.1, 0.15) is 0 Å². The van der Waals surface area contributed by atoms with Crippen molar-refractivity contribution in [2.45, 2.75) is 6.54 Å². The lowest BCUT2D eigenvalue weighted by Gasteiger charge is -2.26. The first-order valence-corrected chi connectivity index (χ1v) is 9.72. The highest BCUT2D eigenvalue weighted by molar-refractivity contribution is 7.80. The van der Waals surface area contributed by atoms with E-state index >= 15 is 0 Å². The number of nitrogens with zero attached hydrogens (tertiary/aromatic N) is 2. The van der Waals surface area contributed by atoms with Crippen LogP contribution in [0.5, 0.6) is 0 Å². The Morgan fingerprint density at radius 1 is 0.964 bits per heavy atom. The Bertz CT molecular complexity index is 1120. The Labute approximate surface area is 170 Å². The van der Waals surface area contributed by atoms with E-state index in [-0.39, 0.29) is 0 Å². The van der Waals surface area contributed by atoms with E-state index in [2.05, 4.69) is 63.7 Å².